The maximum atomic E-state index is 12.9. The Bertz CT molecular complexity index is 1000. The lowest BCUT2D eigenvalue weighted by Gasteiger charge is -2.46. The number of carbonyl (C=O) groups is 3. The van der Waals surface area contributed by atoms with E-state index in [9.17, 15) is 14.4 Å². The van der Waals surface area contributed by atoms with Crippen molar-refractivity contribution in [3.05, 3.63) is 17.4 Å². The predicted octanol–water partition coefficient (Wildman–Crippen LogP) is -1.09. The Labute approximate surface area is 208 Å². The molecule has 12 nitrogen and oxygen atoms in total. The van der Waals surface area contributed by atoms with E-state index in [1.54, 1.807) is 11.8 Å². The number of tetrazole rings is 1. The van der Waals surface area contributed by atoms with Gasteiger partial charge in [0.15, 0.2) is 0 Å². The second-order valence-electron chi connectivity index (χ2n) is 10.1. The van der Waals surface area contributed by atoms with Gasteiger partial charge in [0.25, 0.3) is 0 Å². The van der Waals surface area contributed by atoms with Crippen molar-refractivity contribution in [2.24, 2.45) is 17.6 Å². The maximum absolute atomic E-state index is 12.9. The van der Waals surface area contributed by atoms with Crippen molar-refractivity contribution in [3.8, 4) is 0 Å². The molecule has 0 aliphatic carbocycles. The number of hydrogen-bond donors (Lipinski definition) is 3. The molecule has 3 amide bonds. The van der Waals surface area contributed by atoms with E-state index in [1.807, 2.05) is 22.9 Å². The van der Waals surface area contributed by atoms with Crippen molar-refractivity contribution in [3.63, 3.8) is 0 Å². The molecule has 4 N–H and O–H groups in total. The van der Waals surface area contributed by atoms with Crippen LogP contribution >= 0.6 is 11.8 Å². The Morgan fingerprint density at radius 3 is 2.97 bits per heavy atom. The number of likely N-dealkylation sites (tertiary alicyclic amines) is 1. The molecule has 0 saturated carbocycles. The van der Waals surface area contributed by atoms with Crippen LogP contribution in [-0.2, 0) is 20.9 Å². The highest BCUT2D eigenvalue weighted by Gasteiger charge is 2.56. The van der Waals surface area contributed by atoms with Crippen LogP contribution in [0, 0.1) is 11.8 Å². The molecule has 5 rings (SSSR count). The summed E-state index contributed by atoms with van der Waals surface area (Å²) in [4.78, 5) is 43.0. The van der Waals surface area contributed by atoms with Crippen LogP contribution in [0.2, 0.25) is 0 Å². The molecule has 0 aromatic carbocycles. The van der Waals surface area contributed by atoms with Crippen molar-refractivity contribution < 1.29 is 14.4 Å². The van der Waals surface area contributed by atoms with Gasteiger partial charge in [-0.05, 0) is 36.6 Å². The maximum Gasteiger partial charge on any atom is 0.242 e. The summed E-state index contributed by atoms with van der Waals surface area (Å²) in [5, 5.41) is 17.4. The minimum atomic E-state index is -0.293. The average Bonchev–Trinajstić information content (AvgIpc) is 3.55. The number of nitrogens with one attached hydrogen (secondary N) is 2. The van der Waals surface area contributed by atoms with Gasteiger partial charge in [0.2, 0.25) is 17.7 Å². The van der Waals surface area contributed by atoms with E-state index >= 15 is 0 Å². The number of piperidine rings is 1. The van der Waals surface area contributed by atoms with Gasteiger partial charge >= 0.3 is 0 Å². The zero-order valence-corrected chi connectivity index (χ0v) is 20.9. The van der Waals surface area contributed by atoms with E-state index in [-0.39, 0.29) is 65.5 Å². The van der Waals surface area contributed by atoms with E-state index in [0.717, 1.165) is 37.3 Å². The summed E-state index contributed by atoms with van der Waals surface area (Å²) in [5.74, 6) is -0.131. The van der Waals surface area contributed by atoms with Crippen LogP contribution in [0.25, 0.3) is 0 Å². The zero-order chi connectivity index (χ0) is 24.7. The van der Waals surface area contributed by atoms with Crippen LogP contribution in [0.4, 0.5) is 0 Å². The van der Waals surface area contributed by atoms with Gasteiger partial charge in [-0.25, -0.2) is 4.68 Å². The largest absolute Gasteiger partial charge is 0.351 e. The van der Waals surface area contributed by atoms with Gasteiger partial charge in [-0.15, -0.1) is 16.9 Å². The second-order valence-corrected chi connectivity index (χ2v) is 11.4. The number of hydrogen-bond acceptors (Lipinski definition) is 9. The summed E-state index contributed by atoms with van der Waals surface area (Å²) in [6, 6.07) is -0.351. The molecule has 1 aromatic heterocycles. The summed E-state index contributed by atoms with van der Waals surface area (Å²) in [6.07, 6.45) is 6.05. The molecule has 35 heavy (non-hydrogen) atoms. The number of β-lactam (4-membered cyclic amide) rings is 1. The fourth-order valence-electron chi connectivity index (χ4n) is 5.72. The van der Waals surface area contributed by atoms with Gasteiger partial charge in [-0.3, -0.25) is 14.4 Å². The van der Waals surface area contributed by atoms with Crippen LogP contribution in [0.1, 0.15) is 33.1 Å². The molecule has 4 aliphatic heterocycles. The Kier molecular flexibility index (Phi) is 6.82. The number of thioether (sulfide) groups is 1. The third-order valence-electron chi connectivity index (χ3n) is 7.54. The predicted molar refractivity (Wildman–Crippen MR) is 128 cm³/mol. The molecule has 4 aliphatic rings. The summed E-state index contributed by atoms with van der Waals surface area (Å²) in [7, 11) is 0. The van der Waals surface area contributed by atoms with Gasteiger partial charge in [0.05, 0.1) is 18.0 Å². The number of rotatable bonds is 7. The van der Waals surface area contributed by atoms with Gasteiger partial charge in [-0.1, -0.05) is 6.92 Å². The number of fused-ring (bicyclic) bond motifs is 1. The van der Waals surface area contributed by atoms with Crippen molar-refractivity contribution in [1.82, 2.24) is 40.6 Å². The fraction of sp³-hybridized carbons (Fsp3) is 0.727. The summed E-state index contributed by atoms with van der Waals surface area (Å²) in [5.41, 5.74) is 6.06. The first-order valence-corrected chi connectivity index (χ1v) is 13.2. The first-order valence-electron chi connectivity index (χ1n) is 12.3. The molecule has 0 bridgehead atoms. The quantitative estimate of drug-likeness (QED) is 0.394. The lowest BCUT2D eigenvalue weighted by molar-refractivity contribution is -0.153. The van der Waals surface area contributed by atoms with Crippen molar-refractivity contribution >= 4 is 29.5 Å². The van der Waals surface area contributed by atoms with Crippen LogP contribution in [0.3, 0.4) is 0 Å². The van der Waals surface area contributed by atoms with E-state index in [2.05, 4.69) is 33.1 Å². The lowest BCUT2D eigenvalue weighted by atomic mass is 9.78. The topological polar surface area (TPSA) is 151 Å². The highest BCUT2D eigenvalue weighted by atomic mass is 32.2. The molecular weight excluding hydrogens is 470 g/mol. The van der Waals surface area contributed by atoms with Crippen LogP contribution in [0.15, 0.2) is 17.4 Å². The van der Waals surface area contributed by atoms with Gasteiger partial charge in [0.1, 0.15) is 12.9 Å². The Morgan fingerprint density at radius 2 is 2.23 bits per heavy atom. The smallest absolute Gasteiger partial charge is 0.242 e. The minimum Gasteiger partial charge on any atom is -0.351 e. The summed E-state index contributed by atoms with van der Waals surface area (Å²) >= 11 is 1.77. The molecule has 13 heteroatoms. The first kappa shape index (κ1) is 24.2. The van der Waals surface area contributed by atoms with Crippen molar-refractivity contribution in [1.29, 1.82) is 0 Å². The second kappa shape index (κ2) is 9.86. The number of amides is 3. The Morgan fingerprint density at radius 1 is 1.40 bits per heavy atom. The molecule has 5 heterocycles. The Balaban J connectivity index is 1.13. The summed E-state index contributed by atoms with van der Waals surface area (Å²) in [6.45, 7) is 6.21. The van der Waals surface area contributed by atoms with Crippen molar-refractivity contribution in [2.75, 3.05) is 19.6 Å². The molecule has 3 fully saturated rings. The highest BCUT2D eigenvalue weighted by Crippen LogP contribution is 2.48. The molecule has 3 saturated heterocycles. The zero-order valence-electron chi connectivity index (χ0n) is 20.0. The van der Waals surface area contributed by atoms with Gasteiger partial charge < -0.3 is 26.2 Å². The van der Waals surface area contributed by atoms with Crippen LogP contribution < -0.4 is 16.4 Å². The van der Waals surface area contributed by atoms with Crippen molar-refractivity contribution in [2.45, 2.75) is 69.1 Å². The number of nitrogens with two attached hydrogens (primary N) is 1. The first-order chi connectivity index (χ1) is 16.8. The average molecular weight is 504 g/mol. The molecule has 1 aromatic rings. The lowest BCUT2D eigenvalue weighted by Crippen LogP contribution is -2.64. The molecule has 190 valence electrons. The molecule has 0 radical (unpaired) electrons. The van der Waals surface area contributed by atoms with Gasteiger partial charge in [0, 0.05) is 54.0 Å². The van der Waals surface area contributed by atoms with E-state index in [4.69, 9.17) is 5.73 Å². The third kappa shape index (κ3) is 4.81. The standard InChI is InChI=1S/C22H33N9O3S/c1-12-17(35-15-6-16(24-7-15)21(33)29-5-3-4-14(23)8-29)9-31-20(12)19(22(31)34)13(2)26-18(32)10-30-11-25-27-28-30/h9,11-16,19-20,24H,3-8,10,23H2,1-2H3,(H,26,32)/t12-,13+,14?,15-,16-,19+,20+/m0/s1. The summed E-state index contributed by atoms with van der Waals surface area (Å²) < 4.78 is 1.35. The minimum absolute atomic E-state index is 0.0134. The van der Waals surface area contributed by atoms with E-state index in [1.165, 1.54) is 11.0 Å². The fourth-order valence-corrected chi connectivity index (χ4v) is 7.10. The number of aromatic nitrogens is 4. The highest BCUT2D eigenvalue weighted by molar-refractivity contribution is 8.03. The third-order valence-corrected chi connectivity index (χ3v) is 8.98. The molecule has 7 atom stereocenters. The normalized spacial score (nSPS) is 33.2. The van der Waals surface area contributed by atoms with Gasteiger partial charge in [-0.2, -0.15) is 0 Å². The van der Waals surface area contributed by atoms with Crippen LogP contribution in [-0.4, -0.2) is 96.8 Å². The number of nitrogens with zero attached hydrogens (tertiary/aromatic N) is 6. The van der Waals surface area contributed by atoms with E-state index < -0.39 is 0 Å². The number of carbonyl (C=O) groups excluding carboxylic acids is 3. The Hall–Kier alpha value is -2.51. The van der Waals surface area contributed by atoms with E-state index in [0.29, 0.717) is 6.54 Å². The molecular formula is C22H33N9O3S. The molecule has 0 spiro atoms. The monoisotopic (exact) mass is 503 g/mol. The van der Waals surface area contributed by atoms with Crippen LogP contribution in [0.5, 0.6) is 0 Å². The molecule has 1 unspecified atom stereocenters. The SMILES string of the molecule is C[C@@H](NC(=O)Cn1cnnn1)[C@H]1C(=O)N2C=C(S[C@@H]3CN[C@H](C(=O)N4CCCC(N)C4)C3)[C@H](C)[C@H]12.